The summed E-state index contributed by atoms with van der Waals surface area (Å²) in [5, 5.41) is 8.94. The predicted molar refractivity (Wildman–Crippen MR) is 50.5 cm³/mol. The van der Waals surface area contributed by atoms with E-state index in [9.17, 15) is 4.79 Å². The third kappa shape index (κ3) is 3.64. The number of carbonyl (C=O) groups is 1. The Kier molecular flexibility index (Phi) is 3.89. The van der Waals surface area contributed by atoms with E-state index in [1.807, 2.05) is 6.92 Å². The van der Waals surface area contributed by atoms with E-state index in [4.69, 9.17) is 14.9 Å². The number of aliphatic carboxylic acids is 1. The van der Waals surface area contributed by atoms with Gasteiger partial charge >= 0.3 is 5.97 Å². The van der Waals surface area contributed by atoms with Crippen LogP contribution in [0.2, 0.25) is 0 Å². The summed E-state index contributed by atoms with van der Waals surface area (Å²) in [7, 11) is 0. The zero-order chi connectivity index (χ0) is 10.6. The minimum absolute atomic E-state index is 0.250. The van der Waals surface area contributed by atoms with Crippen molar-refractivity contribution in [2.75, 3.05) is 0 Å². The largest absolute Gasteiger partial charge is 0.481 e. The van der Waals surface area contributed by atoms with Crippen molar-refractivity contribution in [1.29, 1.82) is 0 Å². The molecule has 82 valence electrons. The Balaban J connectivity index is 2.24. The third-order valence-electron chi connectivity index (χ3n) is 2.57. The normalized spacial score (nSPS) is 20.4. The van der Waals surface area contributed by atoms with Gasteiger partial charge in [0.1, 0.15) is 0 Å². The lowest BCUT2D eigenvalue weighted by Crippen LogP contribution is -2.16. The van der Waals surface area contributed by atoms with Crippen LogP contribution in [0.25, 0.3) is 0 Å². The SMILES string of the molecule is CCCCC(CCC1(C)OO1)C(=O)O. The summed E-state index contributed by atoms with van der Waals surface area (Å²) >= 11 is 0. The summed E-state index contributed by atoms with van der Waals surface area (Å²) in [5.74, 6) is -1.46. The van der Waals surface area contributed by atoms with Crippen molar-refractivity contribution >= 4 is 5.97 Å². The lowest BCUT2D eigenvalue weighted by Gasteiger charge is -2.11. The topological polar surface area (TPSA) is 62.4 Å². The molecule has 0 bridgehead atoms. The van der Waals surface area contributed by atoms with E-state index < -0.39 is 11.8 Å². The Morgan fingerprint density at radius 1 is 1.43 bits per heavy atom. The minimum Gasteiger partial charge on any atom is -0.481 e. The van der Waals surface area contributed by atoms with Gasteiger partial charge in [0.05, 0.1) is 5.92 Å². The molecule has 1 fully saturated rings. The van der Waals surface area contributed by atoms with Gasteiger partial charge in [0.25, 0.3) is 0 Å². The highest BCUT2D eigenvalue weighted by molar-refractivity contribution is 5.69. The van der Waals surface area contributed by atoms with E-state index in [1.54, 1.807) is 0 Å². The van der Waals surface area contributed by atoms with Crippen LogP contribution in [0.4, 0.5) is 0 Å². The van der Waals surface area contributed by atoms with Crippen LogP contribution in [0, 0.1) is 5.92 Å². The lowest BCUT2D eigenvalue weighted by atomic mass is 9.95. The summed E-state index contributed by atoms with van der Waals surface area (Å²) in [6, 6.07) is 0. The quantitative estimate of drug-likeness (QED) is 0.508. The van der Waals surface area contributed by atoms with Gasteiger partial charge in [-0.3, -0.25) is 4.79 Å². The molecule has 4 heteroatoms. The first kappa shape index (κ1) is 11.5. The van der Waals surface area contributed by atoms with E-state index in [0.717, 1.165) is 19.3 Å². The Labute approximate surface area is 84.1 Å². The summed E-state index contributed by atoms with van der Waals surface area (Å²) in [6.07, 6.45) is 4.05. The highest BCUT2D eigenvalue weighted by atomic mass is 17.4. The molecule has 1 N–H and O–H groups in total. The average molecular weight is 202 g/mol. The van der Waals surface area contributed by atoms with E-state index in [1.165, 1.54) is 0 Å². The number of unbranched alkanes of at least 4 members (excludes halogenated alkanes) is 1. The second-order valence-corrected chi connectivity index (χ2v) is 4.02. The van der Waals surface area contributed by atoms with Crippen LogP contribution in [-0.2, 0) is 14.6 Å². The minimum atomic E-state index is -0.706. The number of hydrogen-bond acceptors (Lipinski definition) is 3. The van der Waals surface area contributed by atoms with Crippen LogP contribution >= 0.6 is 0 Å². The van der Waals surface area contributed by atoms with Crippen molar-refractivity contribution in [3.63, 3.8) is 0 Å². The molecule has 1 saturated heterocycles. The summed E-state index contributed by atoms with van der Waals surface area (Å²) in [4.78, 5) is 20.3. The first-order chi connectivity index (χ1) is 6.57. The molecular formula is C10H18O4. The molecule has 0 saturated carbocycles. The van der Waals surface area contributed by atoms with Gasteiger partial charge in [-0.05, 0) is 19.8 Å². The second kappa shape index (κ2) is 4.75. The van der Waals surface area contributed by atoms with Crippen molar-refractivity contribution in [3.8, 4) is 0 Å². The molecule has 0 aromatic rings. The number of carboxylic acid groups (broad SMARTS) is 1. The summed E-state index contributed by atoms with van der Waals surface area (Å²) in [6.45, 7) is 3.89. The van der Waals surface area contributed by atoms with E-state index in [0.29, 0.717) is 12.8 Å². The van der Waals surface area contributed by atoms with Crippen molar-refractivity contribution in [1.82, 2.24) is 0 Å². The van der Waals surface area contributed by atoms with Crippen LogP contribution < -0.4 is 0 Å². The van der Waals surface area contributed by atoms with Gasteiger partial charge < -0.3 is 5.11 Å². The maximum Gasteiger partial charge on any atom is 0.306 e. The molecule has 0 aliphatic carbocycles. The molecule has 1 heterocycles. The monoisotopic (exact) mass is 202 g/mol. The molecule has 0 amide bonds. The van der Waals surface area contributed by atoms with Crippen molar-refractivity contribution in [2.45, 2.75) is 51.7 Å². The van der Waals surface area contributed by atoms with Crippen LogP contribution in [0.1, 0.15) is 46.0 Å². The highest BCUT2D eigenvalue weighted by Gasteiger charge is 2.43. The van der Waals surface area contributed by atoms with Crippen LogP contribution in [-0.4, -0.2) is 16.9 Å². The zero-order valence-electron chi connectivity index (χ0n) is 8.78. The van der Waals surface area contributed by atoms with Gasteiger partial charge in [-0.25, -0.2) is 0 Å². The molecular weight excluding hydrogens is 184 g/mol. The Morgan fingerprint density at radius 3 is 2.50 bits per heavy atom. The van der Waals surface area contributed by atoms with E-state index in [-0.39, 0.29) is 5.92 Å². The highest BCUT2D eigenvalue weighted by Crippen LogP contribution is 2.35. The molecule has 0 aromatic carbocycles. The number of hydrogen-bond donors (Lipinski definition) is 1. The first-order valence-corrected chi connectivity index (χ1v) is 5.17. The Hall–Kier alpha value is -0.610. The second-order valence-electron chi connectivity index (χ2n) is 4.02. The van der Waals surface area contributed by atoms with Crippen molar-refractivity contribution in [3.05, 3.63) is 0 Å². The van der Waals surface area contributed by atoms with Gasteiger partial charge in [-0.2, -0.15) is 9.78 Å². The molecule has 0 radical (unpaired) electrons. The molecule has 0 aromatic heterocycles. The number of rotatable bonds is 7. The van der Waals surface area contributed by atoms with E-state index >= 15 is 0 Å². The maximum atomic E-state index is 10.9. The lowest BCUT2D eigenvalue weighted by molar-refractivity contribution is -0.142. The fraction of sp³-hybridized carbons (Fsp3) is 0.900. The fourth-order valence-electron chi connectivity index (χ4n) is 1.43. The van der Waals surface area contributed by atoms with Crippen LogP contribution in [0.3, 0.4) is 0 Å². The zero-order valence-corrected chi connectivity index (χ0v) is 8.78. The first-order valence-electron chi connectivity index (χ1n) is 5.17. The van der Waals surface area contributed by atoms with Gasteiger partial charge in [0.2, 0.25) is 5.79 Å². The molecule has 4 nitrogen and oxygen atoms in total. The van der Waals surface area contributed by atoms with Gasteiger partial charge in [0, 0.05) is 6.42 Å². The van der Waals surface area contributed by atoms with E-state index in [2.05, 4.69) is 6.92 Å². The van der Waals surface area contributed by atoms with Crippen LogP contribution in [0.5, 0.6) is 0 Å². The standard InChI is InChI=1S/C10H18O4/c1-3-4-5-8(9(11)12)6-7-10(2)13-14-10/h8H,3-7H2,1-2H3,(H,11,12). The smallest absolute Gasteiger partial charge is 0.306 e. The molecule has 1 unspecified atom stereocenters. The molecule has 14 heavy (non-hydrogen) atoms. The van der Waals surface area contributed by atoms with Crippen molar-refractivity contribution in [2.24, 2.45) is 5.92 Å². The Morgan fingerprint density at radius 2 is 2.07 bits per heavy atom. The van der Waals surface area contributed by atoms with Crippen LogP contribution in [0.15, 0.2) is 0 Å². The average Bonchev–Trinajstić information content (AvgIpc) is 2.84. The van der Waals surface area contributed by atoms with Crippen molar-refractivity contribution < 1.29 is 19.7 Å². The van der Waals surface area contributed by atoms with Gasteiger partial charge in [-0.15, -0.1) is 0 Å². The molecule has 0 spiro atoms. The molecule has 1 aliphatic heterocycles. The Bertz CT molecular complexity index is 198. The summed E-state index contributed by atoms with van der Waals surface area (Å²) in [5.41, 5.74) is 0. The fourth-order valence-corrected chi connectivity index (χ4v) is 1.43. The van der Waals surface area contributed by atoms with Gasteiger partial charge in [-0.1, -0.05) is 19.8 Å². The van der Waals surface area contributed by atoms with Gasteiger partial charge in [0.15, 0.2) is 0 Å². The molecule has 1 aliphatic rings. The number of carboxylic acids is 1. The maximum absolute atomic E-state index is 10.9. The molecule has 1 rings (SSSR count). The predicted octanol–water partition coefficient (Wildman–Crippen LogP) is 2.34. The molecule has 1 atom stereocenters. The third-order valence-corrected chi connectivity index (χ3v) is 2.57. The summed E-state index contributed by atoms with van der Waals surface area (Å²) < 4.78 is 0.